The average Bonchev–Trinajstić information content (AvgIpc) is 2.78. The largest absolute Gasteiger partial charge is 0.394 e. The van der Waals surface area contributed by atoms with E-state index in [9.17, 15) is 18.6 Å². The van der Waals surface area contributed by atoms with Crippen LogP contribution in [0, 0.1) is 0 Å². The van der Waals surface area contributed by atoms with Gasteiger partial charge in [-0.3, -0.25) is 4.68 Å². The van der Waals surface area contributed by atoms with Crippen LogP contribution in [0.1, 0.15) is 26.7 Å². The molecule has 0 aliphatic rings. The highest BCUT2D eigenvalue weighted by molar-refractivity contribution is 7.89. The summed E-state index contributed by atoms with van der Waals surface area (Å²) >= 11 is 0. The summed E-state index contributed by atoms with van der Waals surface area (Å²) in [4.78, 5) is -0.148. The lowest BCUT2D eigenvalue weighted by molar-refractivity contribution is 0.105. The van der Waals surface area contributed by atoms with E-state index < -0.39 is 28.8 Å². The van der Waals surface area contributed by atoms with Gasteiger partial charge >= 0.3 is 0 Å². The number of aryl methyl sites for hydroxylation is 1. The van der Waals surface area contributed by atoms with Crippen LogP contribution in [-0.4, -0.2) is 47.2 Å². The number of nitrogens with zero attached hydrogens (tertiary/aromatic N) is 2. The third-order valence-corrected chi connectivity index (χ3v) is 4.73. The minimum absolute atomic E-state index is 0.105. The molecule has 1 aromatic rings. The monoisotopic (exact) mass is 306 g/mol. The highest BCUT2D eigenvalue weighted by Gasteiger charge is 2.34. The Labute approximate surface area is 118 Å². The summed E-state index contributed by atoms with van der Waals surface area (Å²) in [5.74, 6) is -0.105. The molecule has 1 rings (SSSR count). The van der Waals surface area contributed by atoms with E-state index >= 15 is 0 Å². The third-order valence-electron chi connectivity index (χ3n) is 3.13. The lowest BCUT2D eigenvalue weighted by atomic mass is 10.0. The van der Waals surface area contributed by atoms with Gasteiger partial charge in [0, 0.05) is 12.7 Å². The number of hydrogen-bond donors (Lipinski definition) is 4. The van der Waals surface area contributed by atoms with Crippen LogP contribution >= 0.6 is 0 Å². The molecule has 1 heterocycles. The van der Waals surface area contributed by atoms with Crippen LogP contribution in [0.5, 0.6) is 0 Å². The molecule has 0 aliphatic carbocycles. The van der Waals surface area contributed by atoms with Gasteiger partial charge in [0.05, 0.1) is 18.8 Å². The number of aromatic nitrogens is 2. The third kappa shape index (κ3) is 3.48. The van der Waals surface area contributed by atoms with E-state index in [1.165, 1.54) is 10.9 Å². The van der Waals surface area contributed by atoms with Crippen LogP contribution in [0.25, 0.3) is 0 Å². The minimum atomic E-state index is -3.96. The maximum Gasteiger partial charge on any atom is 0.246 e. The van der Waals surface area contributed by atoms with Gasteiger partial charge in [-0.1, -0.05) is 13.8 Å². The second-order valence-electron chi connectivity index (χ2n) is 4.70. The zero-order chi connectivity index (χ0) is 15.4. The first-order valence-corrected chi connectivity index (χ1v) is 7.91. The molecule has 0 aliphatic heterocycles. The van der Waals surface area contributed by atoms with E-state index in [1.54, 1.807) is 6.92 Å². The van der Waals surface area contributed by atoms with Crippen LogP contribution < -0.4 is 10.5 Å². The van der Waals surface area contributed by atoms with Crippen LogP contribution in [0.3, 0.4) is 0 Å². The Bertz CT molecular complexity index is 528. The zero-order valence-corrected chi connectivity index (χ0v) is 12.5. The maximum atomic E-state index is 12.3. The molecular formula is C11H22N4O4S. The lowest BCUT2D eigenvalue weighted by Crippen LogP contribution is -2.53. The van der Waals surface area contributed by atoms with Crippen molar-refractivity contribution in [3.05, 3.63) is 6.20 Å². The van der Waals surface area contributed by atoms with E-state index in [2.05, 4.69) is 9.82 Å². The fourth-order valence-corrected chi connectivity index (χ4v) is 3.25. The minimum Gasteiger partial charge on any atom is -0.394 e. The number of rotatable bonds is 8. The molecule has 0 atom stereocenters. The molecule has 0 saturated carbocycles. The summed E-state index contributed by atoms with van der Waals surface area (Å²) in [7, 11) is -3.96. The molecule has 0 fully saturated rings. The maximum absolute atomic E-state index is 12.3. The summed E-state index contributed by atoms with van der Waals surface area (Å²) < 4.78 is 28.4. The summed E-state index contributed by atoms with van der Waals surface area (Å²) in [5.41, 5.74) is 4.32. The Kier molecular flexibility index (Phi) is 5.51. The molecule has 0 spiro atoms. The molecule has 20 heavy (non-hydrogen) atoms. The van der Waals surface area contributed by atoms with Crippen LogP contribution in [0.2, 0.25) is 0 Å². The number of aliphatic hydroxyl groups is 2. The summed E-state index contributed by atoms with van der Waals surface area (Å²) in [5, 5.41) is 22.5. The van der Waals surface area contributed by atoms with Crippen molar-refractivity contribution < 1.29 is 18.6 Å². The Morgan fingerprint density at radius 2 is 2.00 bits per heavy atom. The van der Waals surface area contributed by atoms with Gasteiger partial charge in [-0.05, 0) is 12.8 Å². The van der Waals surface area contributed by atoms with Gasteiger partial charge in [0.1, 0.15) is 4.90 Å². The highest BCUT2D eigenvalue weighted by Crippen LogP contribution is 2.20. The molecule has 0 radical (unpaired) electrons. The lowest BCUT2D eigenvalue weighted by Gasteiger charge is -2.28. The van der Waals surface area contributed by atoms with Gasteiger partial charge in [0.2, 0.25) is 10.0 Å². The van der Waals surface area contributed by atoms with E-state index in [1.807, 2.05) is 6.92 Å². The normalized spacial score (nSPS) is 12.8. The number of nitrogens with one attached hydrogen (secondary N) is 1. The van der Waals surface area contributed by atoms with Gasteiger partial charge in [-0.25, -0.2) is 13.1 Å². The summed E-state index contributed by atoms with van der Waals surface area (Å²) in [6, 6.07) is 0. The predicted molar refractivity (Wildman–Crippen MR) is 74.4 cm³/mol. The fraction of sp³-hybridized carbons (Fsp3) is 0.727. The topological polar surface area (TPSA) is 130 Å². The molecule has 0 unspecified atom stereocenters. The van der Waals surface area contributed by atoms with E-state index in [-0.39, 0.29) is 17.1 Å². The second-order valence-corrected chi connectivity index (χ2v) is 6.35. The van der Waals surface area contributed by atoms with Gasteiger partial charge < -0.3 is 15.9 Å². The average molecular weight is 306 g/mol. The Balaban J connectivity index is 3.10. The molecule has 0 amide bonds. The van der Waals surface area contributed by atoms with Crippen LogP contribution in [0.4, 0.5) is 5.82 Å². The van der Waals surface area contributed by atoms with Crippen molar-refractivity contribution in [3.8, 4) is 0 Å². The first-order valence-electron chi connectivity index (χ1n) is 6.42. The summed E-state index contributed by atoms with van der Waals surface area (Å²) in [6.45, 7) is 3.13. The standard InChI is InChI=1S/C11H22N4O4S/c1-3-5-15-6-9(10(12)13-15)20(18,19)14-11(4-2,7-16)8-17/h6,14,16-17H,3-5,7-8H2,1-2H3,(H2,12,13). The molecule has 0 bridgehead atoms. The van der Waals surface area contributed by atoms with Crippen molar-refractivity contribution in [1.82, 2.24) is 14.5 Å². The predicted octanol–water partition coefficient (Wildman–Crippen LogP) is -0.713. The second kappa shape index (κ2) is 6.53. The molecule has 0 aromatic carbocycles. The van der Waals surface area contributed by atoms with Gasteiger partial charge in [0.25, 0.3) is 0 Å². The number of hydrogen-bond acceptors (Lipinski definition) is 6. The SMILES string of the molecule is CCCn1cc(S(=O)(=O)NC(CC)(CO)CO)c(N)n1. The molecule has 0 saturated heterocycles. The first kappa shape index (κ1) is 16.9. The molecule has 8 nitrogen and oxygen atoms in total. The van der Waals surface area contributed by atoms with Crippen LogP contribution in [-0.2, 0) is 16.6 Å². The summed E-state index contributed by atoms with van der Waals surface area (Å²) in [6.07, 6.45) is 2.37. The van der Waals surface area contributed by atoms with E-state index in [0.29, 0.717) is 6.54 Å². The molecule has 9 heteroatoms. The van der Waals surface area contributed by atoms with Gasteiger partial charge in [-0.2, -0.15) is 5.10 Å². The van der Waals surface area contributed by atoms with Crippen molar-refractivity contribution in [2.75, 3.05) is 18.9 Å². The molecular weight excluding hydrogens is 284 g/mol. The molecule has 1 aromatic heterocycles. The zero-order valence-electron chi connectivity index (χ0n) is 11.7. The number of anilines is 1. The number of aliphatic hydroxyl groups excluding tert-OH is 2. The number of sulfonamides is 1. The Hall–Kier alpha value is -1.16. The van der Waals surface area contributed by atoms with E-state index in [0.717, 1.165) is 6.42 Å². The van der Waals surface area contributed by atoms with Crippen LogP contribution in [0.15, 0.2) is 11.1 Å². The van der Waals surface area contributed by atoms with Crippen molar-refractivity contribution in [2.24, 2.45) is 0 Å². The van der Waals surface area contributed by atoms with E-state index in [4.69, 9.17) is 5.73 Å². The van der Waals surface area contributed by atoms with Gasteiger partial charge in [0.15, 0.2) is 5.82 Å². The number of nitrogens with two attached hydrogens (primary N) is 1. The molecule has 5 N–H and O–H groups in total. The Morgan fingerprint density at radius 3 is 2.45 bits per heavy atom. The van der Waals surface area contributed by atoms with Crippen molar-refractivity contribution in [3.63, 3.8) is 0 Å². The van der Waals surface area contributed by atoms with Crippen molar-refractivity contribution in [1.29, 1.82) is 0 Å². The van der Waals surface area contributed by atoms with Crippen molar-refractivity contribution >= 4 is 15.8 Å². The quantitative estimate of drug-likeness (QED) is 0.502. The fourth-order valence-electron chi connectivity index (χ4n) is 1.72. The first-order chi connectivity index (χ1) is 9.34. The highest BCUT2D eigenvalue weighted by atomic mass is 32.2. The van der Waals surface area contributed by atoms with Crippen molar-refractivity contribution in [2.45, 2.75) is 43.7 Å². The smallest absolute Gasteiger partial charge is 0.246 e. The Morgan fingerprint density at radius 1 is 1.40 bits per heavy atom. The van der Waals surface area contributed by atoms with Gasteiger partial charge in [-0.15, -0.1) is 0 Å². The molecule has 116 valence electrons. The number of nitrogen functional groups attached to an aromatic ring is 1.